The van der Waals surface area contributed by atoms with Crippen LogP contribution in [0, 0.1) is 0 Å². The maximum atomic E-state index is 11.7. The molecular formula is C10H12N2O6S. The van der Waals surface area contributed by atoms with Crippen molar-refractivity contribution in [1.82, 2.24) is 9.97 Å². The third-order valence-electron chi connectivity index (χ3n) is 2.23. The SMILES string of the molecule is COC(=O)CCS(=O)(=O)Cc1ncncc1C(=O)O. The van der Waals surface area contributed by atoms with Gasteiger partial charge in [-0.1, -0.05) is 0 Å². The molecule has 0 saturated carbocycles. The van der Waals surface area contributed by atoms with Crippen LogP contribution >= 0.6 is 0 Å². The van der Waals surface area contributed by atoms with E-state index in [1.54, 1.807) is 0 Å². The van der Waals surface area contributed by atoms with E-state index in [2.05, 4.69) is 14.7 Å². The molecule has 0 aliphatic carbocycles. The third kappa shape index (κ3) is 4.62. The summed E-state index contributed by atoms with van der Waals surface area (Å²) in [5, 5.41) is 8.87. The Balaban J connectivity index is 2.84. The fraction of sp³-hybridized carbons (Fsp3) is 0.400. The van der Waals surface area contributed by atoms with Gasteiger partial charge in [0.1, 0.15) is 11.9 Å². The Kier molecular flexibility index (Phi) is 4.93. The van der Waals surface area contributed by atoms with Gasteiger partial charge in [-0.25, -0.2) is 23.2 Å². The van der Waals surface area contributed by atoms with E-state index in [0.29, 0.717) is 0 Å². The molecule has 0 atom stereocenters. The molecule has 0 amide bonds. The predicted octanol–water partition coefficient (Wildman–Crippen LogP) is -0.347. The molecule has 104 valence electrons. The zero-order valence-corrected chi connectivity index (χ0v) is 10.9. The molecule has 0 aromatic carbocycles. The van der Waals surface area contributed by atoms with Gasteiger partial charge in [-0.15, -0.1) is 0 Å². The topological polar surface area (TPSA) is 124 Å². The van der Waals surface area contributed by atoms with Gasteiger partial charge in [-0.05, 0) is 0 Å². The number of carbonyl (C=O) groups is 2. The highest BCUT2D eigenvalue weighted by atomic mass is 32.2. The Morgan fingerprint density at radius 3 is 2.68 bits per heavy atom. The molecule has 1 heterocycles. The summed E-state index contributed by atoms with van der Waals surface area (Å²) in [6.45, 7) is 0. The highest BCUT2D eigenvalue weighted by Crippen LogP contribution is 2.10. The first-order valence-electron chi connectivity index (χ1n) is 5.15. The van der Waals surface area contributed by atoms with Crippen LogP contribution in [0.15, 0.2) is 12.5 Å². The van der Waals surface area contributed by atoms with Crippen molar-refractivity contribution in [1.29, 1.82) is 0 Å². The summed E-state index contributed by atoms with van der Waals surface area (Å²) in [5.41, 5.74) is -0.378. The number of carbonyl (C=O) groups excluding carboxylic acids is 1. The van der Waals surface area contributed by atoms with E-state index in [1.807, 2.05) is 0 Å². The summed E-state index contributed by atoms with van der Waals surface area (Å²) < 4.78 is 27.8. The summed E-state index contributed by atoms with van der Waals surface area (Å²) in [5.74, 6) is -2.94. The second-order valence-corrected chi connectivity index (χ2v) is 5.79. The van der Waals surface area contributed by atoms with E-state index < -0.39 is 33.3 Å². The van der Waals surface area contributed by atoms with E-state index in [0.717, 1.165) is 19.6 Å². The minimum atomic E-state index is -3.65. The van der Waals surface area contributed by atoms with Crippen LogP contribution in [0.5, 0.6) is 0 Å². The van der Waals surface area contributed by atoms with Crippen LogP contribution in [-0.4, -0.2) is 48.3 Å². The number of hydrogen-bond acceptors (Lipinski definition) is 7. The number of hydrogen-bond donors (Lipinski definition) is 1. The molecule has 1 N–H and O–H groups in total. The fourth-order valence-electron chi connectivity index (χ4n) is 1.27. The molecule has 0 fully saturated rings. The van der Waals surface area contributed by atoms with Gasteiger partial charge in [0.15, 0.2) is 9.84 Å². The maximum Gasteiger partial charge on any atom is 0.339 e. The molecule has 0 radical (unpaired) electrons. The van der Waals surface area contributed by atoms with Crippen molar-refractivity contribution >= 4 is 21.8 Å². The monoisotopic (exact) mass is 288 g/mol. The normalized spacial score (nSPS) is 11.0. The Morgan fingerprint density at radius 1 is 1.42 bits per heavy atom. The zero-order chi connectivity index (χ0) is 14.5. The molecule has 0 aliphatic rings. The van der Waals surface area contributed by atoms with Crippen LogP contribution in [0.4, 0.5) is 0 Å². The molecule has 0 bridgehead atoms. The van der Waals surface area contributed by atoms with Gasteiger partial charge in [-0.3, -0.25) is 4.79 Å². The lowest BCUT2D eigenvalue weighted by molar-refractivity contribution is -0.140. The molecule has 0 unspecified atom stereocenters. The van der Waals surface area contributed by atoms with Crippen LogP contribution < -0.4 is 0 Å². The van der Waals surface area contributed by atoms with E-state index in [9.17, 15) is 18.0 Å². The number of aromatic nitrogens is 2. The number of rotatable bonds is 6. The number of aromatic carboxylic acids is 1. The average Bonchev–Trinajstić information content (AvgIpc) is 2.36. The van der Waals surface area contributed by atoms with Gasteiger partial charge in [0.25, 0.3) is 0 Å². The molecule has 9 heteroatoms. The average molecular weight is 288 g/mol. The molecule has 0 aliphatic heterocycles. The van der Waals surface area contributed by atoms with Gasteiger partial charge in [0, 0.05) is 6.20 Å². The first-order chi connectivity index (χ1) is 8.85. The molecule has 1 rings (SSSR count). The van der Waals surface area contributed by atoms with Gasteiger partial charge in [-0.2, -0.15) is 0 Å². The maximum absolute atomic E-state index is 11.7. The third-order valence-corrected chi connectivity index (χ3v) is 3.77. The van der Waals surface area contributed by atoms with E-state index in [-0.39, 0.29) is 17.7 Å². The number of carboxylic acid groups (broad SMARTS) is 1. The quantitative estimate of drug-likeness (QED) is 0.704. The van der Waals surface area contributed by atoms with Gasteiger partial charge < -0.3 is 9.84 Å². The molecule has 19 heavy (non-hydrogen) atoms. The Morgan fingerprint density at radius 2 is 2.11 bits per heavy atom. The van der Waals surface area contributed by atoms with E-state index in [1.165, 1.54) is 0 Å². The van der Waals surface area contributed by atoms with Crippen LogP contribution in [0.2, 0.25) is 0 Å². The van der Waals surface area contributed by atoms with Crippen LogP contribution in [-0.2, 0) is 25.1 Å². The minimum Gasteiger partial charge on any atom is -0.478 e. The van der Waals surface area contributed by atoms with E-state index in [4.69, 9.17) is 5.11 Å². The van der Waals surface area contributed by atoms with Crippen LogP contribution in [0.1, 0.15) is 22.5 Å². The lowest BCUT2D eigenvalue weighted by atomic mass is 10.2. The summed E-state index contributed by atoms with van der Waals surface area (Å²) in [7, 11) is -2.50. The first-order valence-corrected chi connectivity index (χ1v) is 6.97. The number of esters is 1. The standard InChI is InChI=1S/C10H12N2O6S/c1-18-9(13)2-3-19(16,17)5-8-7(10(14)15)4-11-6-12-8/h4,6H,2-3,5H2,1H3,(H,14,15). The van der Waals surface area contributed by atoms with Crippen molar-refractivity contribution in [3.63, 3.8) is 0 Å². The number of ether oxygens (including phenoxy) is 1. The van der Waals surface area contributed by atoms with Crippen molar-refractivity contribution in [2.45, 2.75) is 12.2 Å². The van der Waals surface area contributed by atoms with Gasteiger partial charge in [0.05, 0.1) is 30.7 Å². The molecule has 0 spiro atoms. The minimum absolute atomic E-state index is 0.104. The molecule has 0 saturated heterocycles. The first kappa shape index (κ1) is 15.0. The van der Waals surface area contributed by atoms with Gasteiger partial charge in [0.2, 0.25) is 0 Å². The lowest BCUT2D eigenvalue weighted by Crippen LogP contribution is -2.17. The highest BCUT2D eigenvalue weighted by molar-refractivity contribution is 7.90. The molecule has 1 aromatic rings. The van der Waals surface area contributed by atoms with Crippen molar-refractivity contribution < 1.29 is 27.9 Å². The summed E-state index contributed by atoms with van der Waals surface area (Å²) in [6.07, 6.45) is 1.81. The van der Waals surface area contributed by atoms with Gasteiger partial charge >= 0.3 is 11.9 Å². The Bertz CT molecular complexity index is 583. The summed E-state index contributed by atoms with van der Waals surface area (Å²) in [6, 6.07) is 0. The number of carboxylic acids is 1. The second kappa shape index (κ2) is 6.23. The lowest BCUT2D eigenvalue weighted by Gasteiger charge is -2.05. The second-order valence-electron chi connectivity index (χ2n) is 3.61. The smallest absolute Gasteiger partial charge is 0.339 e. The van der Waals surface area contributed by atoms with Crippen molar-refractivity contribution in [2.75, 3.05) is 12.9 Å². The molecule has 8 nitrogen and oxygen atoms in total. The van der Waals surface area contributed by atoms with Crippen molar-refractivity contribution in [3.8, 4) is 0 Å². The molecular weight excluding hydrogens is 276 g/mol. The number of sulfone groups is 1. The largest absolute Gasteiger partial charge is 0.478 e. The van der Waals surface area contributed by atoms with Crippen molar-refractivity contribution in [2.24, 2.45) is 0 Å². The Hall–Kier alpha value is -2.03. The fourth-order valence-corrected chi connectivity index (χ4v) is 2.54. The van der Waals surface area contributed by atoms with Crippen molar-refractivity contribution in [3.05, 3.63) is 23.8 Å². The van der Waals surface area contributed by atoms with Crippen LogP contribution in [0.3, 0.4) is 0 Å². The Labute approximate surface area is 109 Å². The zero-order valence-electron chi connectivity index (χ0n) is 10.1. The highest BCUT2D eigenvalue weighted by Gasteiger charge is 2.20. The van der Waals surface area contributed by atoms with E-state index >= 15 is 0 Å². The predicted molar refractivity (Wildman–Crippen MR) is 63.1 cm³/mol. The van der Waals surface area contributed by atoms with Crippen LogP contribution in [0.25, 0.3) is 0 Å². The summed E-state index contributed by atoms with van der Waals surface area (Å²) in [4.78, 5) is 28.9. The molecule has 1 aromatic heterocycles. The summed E-state index contributed by atoms with van der Waals surface area (Å²) >= 11 is 0. The number of methoxy groups -OCH3 is 1. The number of nitrogens with zero attached hydrogens (tertiary/aromatic N) is 2.